The van der Waals surface area contributed by atoms with Crippen LogP contribution in [0.15, 0.2) is 23.1 Å². The number of carbonyl (C=O) groups is 1. The summed E-state index contributed by atoms with van der Waals surface area (Å²) < 4.78 is 57.6. The van der Waals surface area contributed by atoms with Crippen molar-refractivity contribution in [3.05, 3.63) is 28.8 Å². The Labute approximate surface area is 233 Å². The molecule has 1 aromatic carbocycles. The number of aromatic nitrogens is 4. The molecule has 1 amide bonds. The first-order chi connectivity index (χ1) is 18.9. The van der Waals surface area contributed by atoms with Gasteiger partial charge in [0.1, 0.15) is 17.3 Å². The predicted octanol–water partition coefficient (Wildman–Crippen LogP) is 3.19. The molecule has 11 nitrogen and oxygen atoms in total. The maximum absolute atomic E-state index is 13.5. The molecule has 3 N–H and O–H groups in total. The summed E-state index contributed by atoms with van der Waals surface area (Å²) in [5, 5.41) is 34.0. The second-order valence-electron chi connectivity index (χ2n) is 10.1. The SMILES string of the molecule is C[C@H](O)C(=O)NC1CCCC=C(c2cc(S(=O)(=O)NC3(C#N)CC3)cc3c(-c4nnc(C(F)F)s4)nn(C)c23)C1. The summed E-state index contributed by atoms with van der Waals surface area (Å²) in [5.41, 5.74) is 0.900. The number of aliphatic hydroxyl groups is 1. The van der Waals surface area contributed by atoms with Crippen molar-refractivity contribution in [3.63, 3.8) is 0 Å². The number of fused-ring (bicyclic) bond motifs is 1. The van der Waals surface area contributed by atoms with Gasteiger partial charge in [-0.05, 0) is 63.2 Å². The van der Waals surface area contributed by atoms with Gasteiger partial charge in [0, 0.05) is 24.0 Å². The molecule has 212 valence electrons. The Bertz CT molecular complexity index is 1650. The average molecular weight is 592 g/mol. The van der Waals surface area contributed by atoms with E-state index in [9.17, 15) is 32.4 Å². The number of nitrogens with one attached hydrogen (secondary N) is 2. The molecule has 0 spiro atoms. The second-order valence-corrected chi connectivity index (χ2v) is 12.8. The van der Waals surface area contributed by atoms with Crippen molar-refractivity contribution < 1.29 is 27.1 Å². The molecule has 0 aliphatic heterocycles. The Morgan fingerprint density at radius 1 is 1.32 bits per heavy atom. The fraction of sp³-hybridized carbons (Fsp3) is 0.480. The molecule has 2 atom stereocenters. The van der Waals surface area contributed by atoms with Gasteiger partial charge in [-0.3, -0.25) is 9.48 Å². The quantitative estimate of drug-likeness (QED) is 0.360. The third kappa shape index (κ3) is 5.49. The number of allylic oxidation sites excluding steroid dienone is 1. The summed E-state index contributed by atoms with van der Waals surface area (Å²) in [5.74, 6) is -0.503. The van der Waals surface area contributed by atoms with Crippen molar-refractivity contribution in [1.29, 1.82) is 5.26 Å². The van der Waals surface area contributed by atoms with E-state index in [-0.39, 0.29) is 21.6 Å². The number of amides is 1. The highest BCUT2D eigenvalue weighted by Gasteiger charge is 2.47. The number of benzene rings is 1. The first-order valence-corrected chi connectivity index (χ1v) is 15.0. The molecule has 0 bridgehead atoms. The Balaban J connectivity index is 1.67. The number of hydrogen-bond acceptors (Lipinski definition) is 9. The van der Waals surface area contributed by atoms with Gasteiger partial charge in [0.15, 0.2) is 10.0 Å². The van der Waals surface area contributed by atoms with Gasteiger partial charge in [-0.1, -0.05) is 17.4 Å². The van der Waals surface area contributed by atoms with E-state index < -0.39 is 39.0 Å². The van der Waals surface area contributed by atoms with Crippen LogP contribution in [0.1, 0.15) is 62.4 Å². The number of nitrogens with zero attached hydrogens (tertiary/aromatic N) is 5. The van der Waals surface area contributed by atoms with Gasteiger partial charge in [-0.15, -0.1) is 10.2 Å². The molecule has 1 unspecified atom stereocenters. The summed E-state index contributed by atoms with van der Waals surface area (Å²) in [7, 11) is -2.50. The van der Waals surface area contributed by atoms with E-state index in [0.717, 1.165) is 12.0 Å². The van der Waals surface area contributed by atoms with Gasteiger partial charge in [-0.25, -0.2) is 17.2 Å². The van der Waals surface area contributed by atoms with Crippen LogP contribution in [0.2, 0.25) is 0 Å². The highest BCUT2D eigenvalue weighted by molar-refractivity contribution is 7.89. The lowest BCUT2D eigenvalue weighted by Gasteiger charge is -2.20. The molecular weight excluding hydrogens is 564 g/mol. The number of aliphatic hydroxyl groups excluding tert-OH is 1. The zero-order valence-electron chi connectivity index (χ0n) is 21.7. The van der Waals surface area contributed by atoms with Crippen molar-refractivity contribution in [2.45, 2.75) is 74.5 Å². The maximum Gasteiger partial charge on any atom is 0.291 e. The van der Waals surface area contributed by atoms with Crippen molar-refractivity contribution >= 4 is 43.7 Å². The molecule has 0 saturated heterocycles. The third-order valence-corrected chi connectivity index (χ3v) is 9.48. The Hall–Kier alpha value is -3.32. The summed E-state index contributed by atoms with van der Waals surface area (Å²) in [6, 6.07) is 4.64. The minimum absolute atomic E-state index is 0.112. The summed E-state index contributed by atoms with van der Waals surface area (Å²) in [6.45, 7) is 1.38. The van der Waals surface area contributed by atoms with Gasteiger partial charge in [0.2, 0.25) is 15.9 Å². The van der Waals surface area contributed by atoms with Gasteiger partial charge < -0.3 is 10.4 Å². The maximum atomic E-state index is 13.5. The molecule has 1 fully saturated rings. The number of nitriles is 1. The zero-order chi connectivity index (χ0) is 28.8. The third-order valence-electron chi connectivity index (χ3n) is 7.03. The number of hydrogen-bond donors (Lipinski definition) is 3. The minimum atomic E-state index is -4.16. The molecule has 5 rings (SSSR count). The topological polar surface area (TPSA) is 163 Å². The Kier molecular flexibility index (Phi) is 7.47. The van der Waals surface area contributed by atoms with E-state index in [1.165, 1.54) is 19.1 Å². The van der Waals surface area contributed by atoms with Crippen LogP contribution < -0.4 is 10.0 Å². The van der Waals surface area contributed by atoms with Crippen LogP contribution in [-0.2, 0) is 21.9 Å². The fourth-order valence-corrected chi connectivity index (χ4v) is 6.93. The van der Waals surface area contributed by atoms with Crippen LogP contribution in [0.3, 0.4) is 0 Å². The first kappa shape index (κ1) is 28.2. The number of alkyl halides is 2. The monoisotopic (exact) mass is 591 g/mol. The molecule has 2 aromatic heterocycles. The molecule has 40 heavy (non-hydrogen) atoms. The number of aryl methyl sites for hydroxylation is 1. The van der Waals surface area contributed by atoms with Crippen LogP contribution in [-0.4, -0.2) is 57.1 Å². The predicted molar refractivity (Wildman–Crippen MR) is 143 cm³/mol. The average Bonchev–Trinajstić information content (AvgIpc) is 3.43. The number of halogens is 2. The van der Waals surface area contributed by atoms with E-state index in [2.05, 4.69) is 25.3 Å². The molecule has 0 radical (unpaired) electrons. The summed E-state index contributed by atoms with van der Waals surface area (Å²) >= 11 is 0.672. The van der Waals surface area contributed by atoms with Crippen LogP contribution in [0.25, 0.3) is 27.2 Å². The molecule has 2 aliphatic rings. The lowest BCUT2D eigenvalue weighted by molar-refractivity contribution is -0.129. The van der Waals surface area contributed by atoms with E-state index in [1.54, 1.807) is 11.7 Å². The van der Waals surface area contributed by atoms with Gasteiger partial charge >= 0.3 is 0 Å². The van der Waals surface area contributed by atoms with E-state index in [4.69, 9.17) is 0 Å². The van der Waals surface area contributed by atoms with E-state index in [1.807, 2.05) is 12.1 Å². The molecular formula is C25H27F2N7O4S2. The van der Waals surface area contributed by atoms with Crippen molar-refractivity contribution in [2.75, 3.05) is 0 Å². The molecule has 2 heterocycles. The lowest BCUT2D eigenvalue weighted by atomic mass is 9.96. The fourth-order valence-electron chi connectivity index (χ4n) is 4.80. The highest BCUT2D eigenvalue weighted by atomic mass is 32.2. The van der Waals surface area contributed by atoms with Crippen molar-refractivity contribution in [1.82, 2.24) is 30.0 Å². The van der Waals surface area contributed by atoms with Crippen molar-refractivity contribution in [3.8, 4) is 16.8 Å². The lowest BCUT2D eigenvalue weighted by Crippen LogP contribution is -2.40. The largest absolute Gasteiger partial charge is 0.384 e. The summed E-state index contributed by atoms with van der Waals surface area (Å²) in [4.78, 5) is 12.1. The second kappa shape index (κ2) is 10.6. The molecule has 1 saturated carbocycles. The van der Waals surface area contributed by atoms with E-state index in [0.29, 0.717) is 59.9 Å². The van der Waals surface area contributed by atoms with Crippen LogP contribution in [0.4, 0.5) is 8.78 Å². The van der Waals surface area contributed by atoms with Crippen LogP contribution in [0.5, 0.6) is 0 Å². The number of carbonyl (C=O) groups excluding carboxylic acids is 1. The Morgan fingerprint density at radius 2 is 2.08 bits per heavy atom. The highest BCUT2D eigenvalue weighted by Crippen LogP contribution is 2.40. The first-order valence-electron chi connectivity index (χ1n) is 12.7. The number of sulfonamides is 1. The molecule has 2 aliphatic carbocycles. The van der Waals surface area contributed by atoms with Crippen molar-refractivity contribution in [2.24, 2.45) is 7.05 Å². The molecule has 15 heteroatoms. The normalized spacial score (nSPS) is 19.6. The minimum Gasteiger partial charge on any atom is -0.384 e. The molecule has 3 aromatic rings. The smallest absolute Gasteiger partial charge is 0.291 e. The zero-order valence-corrected chi connectivity index (χ0v) is 23.3. The van der Waals surface area contributed by atoms with E-state index >= 15 is 0 Å². The number of rotatable bonds is 8. The summed E-state index contributed by atoms with van der Waals surface area (Å²) in [6.07, 6.45) is 1.23. The Morgan fingerprint density at radius 3 is 2.70 bits per heavy atom. The van der Waals surface area contributed by atoms with Gasteiger partial charge in [0.25, 0.3) is 6.43 Å². The standard InChI is InChI=1S/C25H27F2N7O4S2/c1-13(35)22(36)29-15-6-4-3-5-14(9-15)17-10-16(40(37,38)33-25(12-28)7-8-25)11-18-19(32-34(2)20(17)18)23-30-31-24(39-23)21(26)27/h5,10-11,13,15,21,33,35H,3-4,6-9H2,1-2H3,(H,29,36)/t13-,15?/m0/s1. The van der Waals surface area contributed by atoms with Crippen LogP contribution >= 0.6 is 11.3 Å². The van der Waals surface area contributed by atoms with Gasteiger partial charge in [0.05, 0.1) is 16.5 Å². The van der Waals surface area contributed by atoms with Gasteiger partial charge in [-0.2, -0.15) is 15.1 Å². The van der Waals surface area contributed by atoms with Crippen LogP contribution in [0, 0.1) is 11.3 Å².